The number of hydrogen-bond acceptors (Lipinski definition) is 6. The number of benzene rings is 1. The lowest BCUT2D eigenvalue weighted by molar-refractivity contribution is 0.0996. The normalized spacial score (nSPS) is 16.3. The number of amides is 1. The van der Waals surface area contributed by atoms with Gasteiger partial charge < -0.3 is 19.4 Å². The van der Waals surface area contributed by atoms with E-state index < -0.39 is 0 Å². The standard InChI is InChI=1S/C24H29N3O3S/c1-16-17(2)31-24(25-23(28)20-6-5-15-30-20)21(16)22(27-13-11-26(3)12-14-27)18-7-9-19(29-4)10-8-18/h5-10,15,22H,11-14H2,1-4H3,(H,25,28)/t22-/m1/s1. The summed E-state index contributed by atoms with van der Waals surface area (Å²) in [6.45, 7) is 8.23. The van der Waals surface area contributed by atoms with Gasteiger partial charge in [0.2, 0.25) is 0 Å². The van der Waals surface area contributed by atoms with Crippen LogP contribution in [0.25, 0.3) is 0 Å². The van der Waals surface area contributed by atoms with Gasteiger partial charge in [-0.25, -0.2) is 0 Å². The zero-order valence-electron chi connectivity index (χ0n) is 18.5. The zero-order valence-corrected chi connectivity index (χ0v) is 19.3. The van der Waals surface area contributed by atoms with Gasteiger partial charge in [0.15, 0.2) is 5.76 Å². The predicted molar refractivity (Wildman–Crippen MR) is 124 cm³/mol. The SMILES string of the molecule is COc1ccc([C@H](c2c(NC(=O)c3ccco3)sc(C)c2C)N2CCN(C)CC2)cc1. The quantitative estimate of drug-likeness (QED) is 0.610. The van der Waals surface area contributed by atoms with E-state index in [9.17, 15) is 4.79 Å². The molecule has 0 spiro atoms. The Morgan fingerprint density at radius 2 is 1.84 bits per heavy atom. The number of ether oxygens (including phenoxy) is 1. The maximum atomic E-state index is 12.8. The third kappa shape index (κ3) is 4.54. The smallest absolute Gasteiger partial charge is 0.291 e. The van der Waals surface area contributed by atoms with E-state index in [1.54, 1.807) is 30.6 Å². The summed E-state index contributed by atoms with van der Waals surface area (Å²) >= 11 is 1.63. The van der Waals surface area contributed by atoms with E-state index in [0.717, 1.165) is 42.5 Å². The largest absolute Gasteiger partial charge is 0.497 e. The van der Waals surface area contributed by atoms with Crippen molar-refractivity contribution in [1.82, 2.24) is 9.80 Å². The third-order valence-corrected chi connectivity index (χ3v) is 7.15. The summed E-state index contributed by atoms with van der Waals surface area (Å²) in [6.07, 6.45) is 1.52. The van der Waals surface area contributed by atoms with Gasteiger partial charge in [0.1, 0.15) is 10.8 Å². The lowest BCUT2D eigenvalue weighted by Gasteiger charge is -2.39. The minimum absolute atomic E-state index is 0.0523. The van der Waals surface area contributed by atoms with Gasteiger partial charge in [0.25, 0.3) is 5.91 Å². The molecule has 1 fully saturated rings. The molecule has 3 aromatic rings. The molecule has 1 saturated heterocycles. The number of anilines is 1. The Hall–Kier alpha value is -2.61. The molecule has 6 nitrogen and oxygen atoms in total. The first kappa shape index (κ1) is 21.6. The highest BCUT2D eigenvalue weighted by molar-refractivity contribution is 7.16. The number of nitrogens with one attached hydrogen (secondary N) is 1. The van der Waals surface area contributed by atoms with Crippen molar-refractivity contribution >= 4 is 22.2 Å². The Morgan fingerprint density at radius 3 is 2.45 bits per heavy atom. The molecule has 7 heteroatoms. The zero-order chi connectivity index (χ0) is 22.0. The third-order valence-electron chi connectivity index (χ3n) is 6.01. The highest BCUT2D eigenvalue weighted by Crippen LogP contribution is 2.43. The van der Waals surface area contributed by atoms with Crippen LogP contribution in [0.15, 0.2) is 47.1 Å². The van der Waals surface area contributed by atoms with Crippen molar-refractivity contribution in [2.45, 2.75) is 19.9 Å². The molecule has 0 saturated carbocycles. The highest BCUT2D eigenvalue weighted by atomic mass is 32.1. The Balaban J connectivity index is 1.75. The number of carbonyl (C=O) groups excluding carboxylic acids is 1. The fourth-order valence-corrected chi connectivity index (χ4v) is 5.15. The molecule has 0 aliphatic carbocycles. The molecule has 31 heavy (non-hydrogen) atoms. The number of aryl methyl sites for hydroxylation is 1. The van der Waals surface area contributed by atoms with Gasteiger partial charge in [-0.3, -0.25) is 9.69 Å². The maximum Gasteiger partial charge on any atom is 0.291 e. The van der Waals surface area contributed by atoms with Gasteiger partial charge in [-0.15, -0.1) is 11.3 Å². The fraction of sp³-hybridized carbons (Fsp3) is 0.375. The molecule has 1 aromatic carbocycles. The number of furan rings is 1. The molecule has 1 aliphatic rings. The summed E-state index contributed by atoms with van der Waals surface area (Å²) < 4.78 is 10.7. The maximum absolute atomic E-state index is 12.8. The van der Waals surface area contributed by atoms with Crippen LogP contribution in [0.1, 0.15) is 38.2 Å². The van der Waals surface area contributed by atoms with E-state index in [0.29, 0.717) is 5.76 Å². The number of carbonyl (C=O) groups is 1. The van der Waals surface area contributed by atoms with Crippen LogP contribution in [0.5, 0.6) is 5.75 Å². The van der Waals surface area contributed by atoms with Gasteiger partial charge in [-0.1, -0.05) is 12.1 Å². The fourth-order valence-electron chi connectivity index (χ4n) is 4.07. The second-order valence-corrected chi connectivity index (χ2v) is 9.20. The number of rotatable bonds is 6. The summed E-state index contributed by atoms with van der Waals surface area (Å²) in [5.74, 6) is 0.931. The monoisotopic (exact) mass is 439 g/mol. The molecular formula is C24H29N3O3S. The molecular weight excluding hydrogens is 410 g/mol. The Bertz CT molecular complexity index is 1020. The summed E-state index contributed by atoms with van der Waals surface area (Å²) in [5.41, 5.74) is 3.58. The summed E-state index contributed by atoms with van der Waals surface area (Å²) in [5, 5.41) is 4.00. The lowest BCUT2D eigenvalue weighted by atomic mass is 9.94. The van der Waals surface area contributed by atoms with E-state index in [1.807, 2.05) is 12.1 Å². The van der Waals surface area contributed by atoms with E-state index in [2.05, 4.69) is 48.1 Å². The molecule has 1 atom stereocenters. The number of methoxy groups -OCH3 is 1. The van der Waals surface area contributed by atoms with Crippen LogP contribution in [-0.4, -0.2) is 56.0 Å². The molecule has 1 N–H and O–H groups in total. The first-order valence-electron chi connectivity index (χ1n) is 10.5. The van der Waals surface area contributed by atoms with E-state index in [4.69, 9.17) is 9.15 Å². The number of nitrogens with zero attached hydrogens (tertiary/aromatic N) is 2. The molecule has 4 rings (SSSR count). The Labute approximate surface area is 187 Å². The van der Waals surface area contributed by atoms with E-state index in [1.165, 1.54) is 22.3 Å². The number of piperazine rings is 1. The molecule has 0 bridgehead atoms. The first-order valence-corrected chi connectivity index (χ1v) is 11.3. The van der Waals surface area contributed by atoms with Gasteiger partial charge in [-0.05, 0) is 56.3 Å². The molecule has 0 radical (unpaired) electrons. The molecule has 1 aliphatic heterocycles. The second-order valence-electron chi connectivity index (χ2n) is 7.97. The van der Waals surface area contributed by atoms with Crippen molar-refractivity contribution in [1.29, 1.82) is 0 Å². The van der Waals surface area contributed by atoms with Crippen LogP contribution in [0.4, 0.5) is 5.00 Å². The van der Waals surface area contributed by atoms with E-state index >= 15 is 0 Å². The van der Waals surface area contributed by atoms with Crippen molar-refractivity contribution in [3.63, 3.8) is 0 Å². The molecule has 2 aromatic heterocycles. The number of thiophene rings is 1. The highest BCUT2D eigenvalue weighted by Gasteiger charge is 2.31. The molecule has 0 unspecified atom stereocenters. The summed E-state index contributed by atoms with van der Waals surface area (Å²) in [7, 11) is 3.84. The van der Waals surface area contributed by atoms with Crippen LogP contribution in [0.3, 0.4) is 0 Å². The number of likely N-dealkylation sites (N-methyl/N-ethyl adjacent to an activating group) is 1. The van der Waals surface area contributed by atoms with Crippen LogP contribution >= 0.6 is 11.3 Å². The van der Waals surface area contributed by atoms with Crippen molar-refractivity contribution in [3.8, 4) is 5.75 Å². The van der Waals surface area contributed by atoms with Crippen LogP contribution in [0, 0.1) is 13.8 Å². The summed E-state index contributed by atoms with van der Waals surface area (Å²) in [4.78, 5) is 18.8. The molecule has 3 heterocycles. The molecule has 1 amide bonds. The molecule has 164 valence electrons. The Morgan fingerprint density at radius 1 is 1.13 bits per heavy atom. The predicted octanol–water partition coefficient (Wildman–Crippen LogP) is 4.56. The topological polar surface area (TPSA) is 58.0 Å². The van der Waals surface area contributed by atoms with Gasteiger partial charge in [-0.2, -0.15) is 0 Å². The Kier molecular flexibility index (Phi) is 6.46. The average molecular weight is 440 g/mol. The summed E-state index contributed by atoms with van der Waals surface area (Å²) in [6, 6.07) is 11.7. The van der Waals surface area contributed by atoms with Crippen LogP contribution in [-0.2, 0) is 0 Å². The second kappa shape index (κ2) is 9.26. The average Bonchev–Trinajstić information content (AvgIpc) is 3.40. The van der Waals surface area contributed by atoms with Crippen molar-refractivity contribution in [2.24, 2.45) is 0 Å². The lowest BCUT2D eigenvalue weighted by Crippen LogP contribution is -2.46. The van der Waals surface area contributed by atoms with Gasteiger partial charge in [0.05, 0.1) is 19.4 Å². The first-order chi connectivity index (χ1) is 15.0. The van der Waals surface area contributed by atoms with Crippen LogP contribution < -0.4 is 10.1 Å². The minimum Gasteiger partial charge on any atom is -0.497 e. The van der Waals surface area contributed by atoms with Crippen molar-refractivity contribution in [2.75, 3.05) is 45.7 Å². The van der Waals surface area contributed by atoms with Crippen molar-refractivity contribution < 1.29 is 13.9 Å². The van der Waals surface area contributed by atoms with E-state index in [-0.39, 0.29) is 11.9 Å². The van der Waals surface area contributed by atoms with Crippen molar-refractivity contribution in [3.05, 3.63) is 70.0 Å². The minimum atomic E-state index is -0.223. The van der Waals surface area contributed by atoms with Crippen LogP contribution in [0.2, 0.25) is 0 Å². The number of hydrogen-bond donors (Lipinski definition) is 1. The van der Waals surface area contributed by atoms with Gasteiger partial charge >= 0.3 is 0 Å². The van der Waals surface area contributed by atoms with Gasteiger partial charge in [0, 0.05) is 36.6 Å².